The van der Waals surface area contributed by atoms with Gasteiger partial charge < -0.3 is 9.88 Å². The second kappa shape index (κ2) is 7.67. The maximum atomic E-state index is 12.9. The Labute approximate surface area is 184 Å². The molecular weight excluding hydrogens is 421 g/mol. The highest BCUT2D eigenvalue weighted by Gasteiger charge is 2.35. The highest BCUT2D eigenvalue weighted by molar-refractivity contribution is 6.32. The van der Waals surface area contributed by atoms with E-state index in [1.165, 1.54) is 0 Å². The summed E-state index contributed by atoms with van der Waals surface area (Å²) in [7, 11) is 0. The topological polar surface area (TPSA) is 54.3 Å². The molecule has 5 nitrogen and oxygen atoms in total. The van der Waals surface area contributed by atoms with Crippen molar-refractivity contribution < 1.29 is 9.59 Å². The molecule has 152 valence electrons. The van der Waals surface area contributed by atoms with Crippen molar-refractivity contribution in [3.8, 4) is 5.69 Å². The zero-order valence-electron chi connectivity index (χ0n) is 16.7. The number of anilines is 1. The van der Waals surface area contributed by atoms with E-state index < -0.39 is 11.9 Å². The number of nitrogens with zero attached hydrogens (tertiary/aromatic N) is 2. The fraction of sp³-hybridized carbons (Fsp3) is 0.130. The number of amides is 3. The van der Waals surface area contributed by atoms with Crippen LogP contribution in [0.25, 0.3) is 11.8 Å². The van der Waals surface area contributed by atoms with Crippen LogP contribution in [0.2, 0.25) is 10.0 Å². The molecular formula is C23H19Cl2N3O2. The van der Waals surface area contributed by atoms with Gasteiger partial charge in [-0.3, -0.25) is 4.79 Å². The van der Waals surface area contributed by atoms with E-state index in [2.05, 4.69) is 9.88 Å². The van der Waals surface area contributed by atoms with Crippen LogP contribution in [0.3, 0.4) is 0 Å². The minimum atomic E-state index is -0.506. The number of carbonyl (C=O) groups excluding carboxylic acids is 2. The van der Waals surface area contributed by atoms with Crippen molar-refractivity contribution in [2.45, 2.75) is 20.8 Å². The van der Waals surface area contributed by atoms with E-state index in [0.717, 1.165) is 33.1 Å². The van der Waals surface area contributed by atoms with Gasteiger partial charge in [0, 0.05) is 27.1 Å². The van der Waals surface area contributed by atoms with Crippen molar-refractivity contribution in [1.82, 2.24) is 9.88 Å². The van der Waals surface area contributed by atoms with Crippen LogP contribution in [0, 0.1) is 20.8 Å². The highest BCUT2D eigenvalue weighted by Crippen LogP contribution is 2.29. The van der Waals surface area contributed by atoms with Crippen LogP contribution < -0.4 is 10.2 Å². The first-order chi connectivity index (χ1) is 14.3. The zero-order valence-corrected chi connectivity index (χ0v) is 18.2. The highest BCUT2D eigenvalue weighted by atomic mass is 35.5. The number of rotatable bonds is 3. The molecule has 0 spiro atoms. The number of aromatic nitrogens is 1. The van der Waals surface area contributed by atoms with E-state index in [9.17, 15) is 9.59 Å². The Bertz CT molecular complexity index is 1230. The quantitative estimate of drug-likeness (QED) is 0.413. The fourth-order valence-corrected chi connectivity index (χ4v) is 4.04. The summed E-state index contributed by atoms with van der Waals surface area (Å²) in [5.74, 6) is -0.425. The summed E-state index contributed by atoms with van der Waals surface area (Å²) in [5, 5.41) is 3.80. The van der Waals surface area contributed by atoms with Crippen LogP contribution in [0.4, 0.5) is 10.5 Å². The molecule has 7 heteroatoms. The molecule has 1 saturated heterocycles. The van der Waals surface area contributed by atoms with Crippen molar-refractivity contribution in [2.24, 2.45) is 0 Å². The largest absolute Gasteiger partial charge is 0.333 e. The predicted octanol–water partition coefficient (Wildman–Crippen LogP) is 5.81. The molecule has 0 saturated carbocycles. The summed E-state index contributed by atoms with van der Waals surface area (Å²) >= 11 is 12.3. The zero-order chi connectivity index (χ0) is 21.6. The van der Waals surface area contributed by atoms with Crippen LogP contribution >= 0.6 is 23.2 Å². The Hall–Kier alpha value is -3.02. The van der Waals surface area contributed by atoms with E-state index >= 15 is 0 Å². The van der Waals surface area contributed by atoms with E-state index in [0.29, 0.717) is 15.7 Å². The number of hydrogen-bond acceptors (Lipinski definition) is 2. The van der Waals surface area contributed by atoms with Crippen LogP contribution in [0.5, 0.6) is 0 Å². The number of urea groups is 1. The monoisotopic (exact) mass is 439 g/mol. The molecule has 0 atom stereocenters. The predicted molar refractivity (Wildman–Crippen MR) is 120 cm³/mol. The lowest BCUT2D eigenvalue weighted by molar-refractivity contribution is -0.113. The lowest BCUT2D eigenvalue weighted by atomic mass is 10.2. The van der Waals surface area contributed by atoms with Crippen molar-refractivity contribution in [2.75, 3.05) is 4.90 Å². The van der Waals surface area contributed by atoms with Crippen LogP contribution in [-0.2, 0) is 4.79 Å². The number of benzene rings is 2. The van der Waals surface area contributed by atoms with E-state index in [1.807, 2.05) is 45.0 Å². The number of halogens is 2. The number of hydrogen-bond donors (Lipinski definition) is 1. The first-order valence-corrected chi connectivity index (χ1v) is 10.1. The molecule has 0 aliphatic carbocycles. The minimum absolute atomic E-state index is 0.211. The van der Waals surface area contributed by atoms with E-state index in [4.69, 9.17) is 23.2 Å². The number of carbonyl (C=O) groups is 2. The molecule has 1 aromatic heterocycles. The molecule has 2 aromatic carbocycles. The van der Waals surface area contributed by atoms with Gasteiger partial charge in [0.1, 0.15) is 5.70 Å². The van der Waals surface area contributed by atoms with E-state index in [1.54, 1.807) is 30.3 Å². The van der Waals surface area contributed by atoms with E-state index in [-0.39, 0.29) is 5.70 Å². The lowest BCUT2D eigenvalue weighted by Crippen LogP contribution is -2.30. The van der Waals surface area contributed by atoms with Gasteiger partial charge in [-0.15, -0.1) is 0 Å². The van der Waals surface area contributed by atoms with Gasteiger partial charge in [0.05, 0.1) is 5.69 Å². The Balaban J connectivity index is 1.74. The summed E-state index contributed by atoms with van der Waals surface area (Å²) in [6, 6.07) is 13.9. The molecule has 0 radical (unpaired) electrons. The second-order valence-corrected chi connectivity index (χ2v) is 8.00. The standard InChI is InChI=1S/C23H19Cl2N3O2/c1-13-10-16(15(3)27(13)21-9-5-8-19(25)14(21)2)11-20-22(29)28(23(30)26-20)18-7-4-6-17(24)12-18/h4-12H,1-3H3,(H,26,30)/b20-11+. The third kappa shape index (κ3) is 3.40. The molecule has 1 fully saturated rings. The van der Waals surface area contributed by atoms with Crippen molar-refractivity contribution >= 4 is 46.9 Å². The smallest absolute Gasteiger partial charge is 0.318 e. The van der Waals surface area contributed by atoms with Gasteiger partial charge in [0.25, 0.3) is 5.91 Å². The summed E-state index contributed by atoms with van der Waals surface area (Å²) in [5.41, 5.74) is 5.35. The molecule has 30 heavy (non-hydrogen) atoms. The number of imide groups is 1. The lowest BCUT2D eigenvalue weighted by Gasteiger charge is -2.13. The third-order valence-corrected chi connectivity index (χ3v) is 5.84. The SMILES string of the molecule is Cc1c(Cl)cccc1-n1c(C)cc(/C=C2/NC(=O)N(c3cccc(Cl)c3)C2=O)c1C. The molecule has 1 aliphatic heterocycles. The first kappa shape index (κ1) is 20.3. The number of nitrogens with one attached hydrogen (secondary N) is 1. The molecule has 3 amide bonds. The minimum Gasteiger partial charge on any atom is -0.318 e. The molecule has 0 unspecified atom stereocenters. The molecule has 1 aliphatic rings. The van der Waals surface area contributed by atoms with Crippen LogP contribution in [-0.4, -0.2) is 16.5 Å². The molecule has 3 aromatic rings. The fourth-order valence-electron chi connectivity index (χ4n) is 3.68. The summed E-state index contributed by atoms with van der Waals surface area (Å²) in [6.07, 6.45) is 1.70. The van der Waals surface area contributed by atoms with Gasteiger partial charge >= 0.3 is 6.03 Å². The van der Waals surface area contributed by atoms with Gasteiger partial charge in [-0.2, -0.15) is 0 Å². The normalized spacial score (nSPS) is 15.2. The maximum Gasteiger partial charge on any atom is 0.333 e. The summed E-state index contributed by atoms with van der Waals surface area (Å²) in [4.78, 5) is 26.4. The Morgan fingerprint density at radius 2 is 1.70 bits per heavy atom. The van der Waals surface area contributed by atoms with Gasteiger partial charge in [0.15, 0.2) is 0 Å². The Kier molecular flexibility index (Phi) is 5.18. The average Bonchev–Trinajstić information content (AvgIpc) is 3.13. The number of aryl methyl sites for hydroxylation is 1. The van der Waals surface area contributed by atoms with Crippen LogP contribution in [0.1, 0.15) is 22.5 Å². The van der Waals surface area contributed by atoms with Crippen molar-refractivity contribution in [1.29, 1.82) is 0 Å². The molecule has 2 heterocycles. The molecule has 0 bridgehead atoms. The van der Waals surface area contributed by atoms with Crippen molar-refractivity contribution in [3.63, 3.8) is 0 Å². The average molecular weight is 440 g/mol. The molecule has 1 N–H and O–H groups in total. The first-order valence-electron chi connectivity index (χ1n) is 9.35. The summed E-state index contributed by atoms with van der Waals surface area (Å²) < 4.78 is 2.09. The van der Waals surface area contributed by atoms with Gasteiger partial charge in [-0.1, -0.05) is 35.3 Å². The van der Waals surface area contributed by atoms with Gasteiger partial charge in [-0.05, 0) is 74.4 Å². The Morgan fingerprint density at radius 1 is 0.967 bits per heavy atom. The Morgan fingerprint density at radius 3 is 2.43 bits per heavy atom. The van der Waals surface area contributed by atoms with Crippen molar-refractivity contribution in [3.05, 3.63) is 86.8 Å². The third-order valence-electron chi connectivity index (χ3n) is 5.19. The van der Waals surface area contributed by atoms with Crippen LogP contribution in [0.15, 0.2) is 54.2 Å². The van der Waals surface area contributed by atoms with Gasteiger partial charge in [-0.25, -0.2) is 9.69 Å². The summed E-state index contributed by atoms with van der Waals surface area (Å²) in [6.45, 7) is 5.93. The molecule has 4 rings (SSSR count). The maximum absolute atomic E-state index is 12.9. The second-order valence-electron chi connectivity index (χ2n) is 7.15. The van der Waals surface area contributed by atoms with Gasteiger partial charge in [0.2, 0.25) is 0 Å².